The number of ether oxygens (including phenoxy) is 1. The lowest BCUT2D eigenvalue weighted by Crippen LogP contribution is -2.30. The Hall–Kier alpha value is -0.930. The molecule has 0 saturated heterocycles. The Morgan fingerprint density at radius 1 is 1.41 bits per heavy atom. The second-order valence-corrected chi connectivity index (χ2v) is 4.92. The van der Waals surface area contributed by atoms with Crippen LogP contribution in [0.3, 0.4) is 0 Å². The van der Waals surface area contributed by atoms with Crippen LogP contribution in [0.15, 0.2) is 24.4 Å². The maximum atomic E-state index is 6.15. The summed E-state index contributed by atoms with van der Waals surface area (Å²) in [5.41, 5.74) is 6.75. The van der Waals surface area contributed by atoms with Gasteiger partial charge in [-0.25, -0.2) is 0 Å². The third kappa shape index (κ3) is 3.27. The van der Waals surface area contributed by atoms with Gasteiger partial charge in [0.15, 0.2) is 0 Å². The van der Waals surface area contributed by atoms with Crippen molar-refractivity contribution < 1.29 is 4.74 Å². The minimum absolute atomic E-state index is 0.0539. The van der Waals surface area contributed by atoms with Gasteiger partial charge in [-0.1, -0.05) is 25.8 Å². The lowest BCUT2D eigenvalue weighted by molar-refractivity contribution is -0.0549. The highest BCUT2D eigenvalue weighted by Crippen LogP contribution is 2.29. The number of hydrogen-bond donors (Lipinski definition) is 1. The fraction of sp³-hybridized carbons (Fsp3) is 0.643. The summed E-state index contributed by atoms with van der Waals surface area (Å²) >= 11 is 0. The van der Waals surface area contributed by atoms with Crippen LogP contribution in [0.1, 0.15) is 44.4 Å². The molecule has 1 saturated carbocycles. The van der Waals surface area contributed by atoms with Gasteiger partial charge in [-0.3, -0.25) is 4.98 Å². The van der Waals surface area contributed by atoms with E-state index in [4.69, 9.17) is 10.5 Å². The summed E-state index contributed by atoms with van der Waals surface area (Å²) in [6.07, 6.45) is 7.12. The van der Waals surface area contributed by atoms with Gasteiger partial charge in [0.25, 0.3) is 0 Å². The van der Waals surface area contributed by atoms with E-state index in [1.54, 1.807) is 6.20 Å². The van der Waals surface area contributed by atoms with E-state index in [9.17, 15) is 0 Å². The maximum absolute atomic E-state index is 6.15. The molecule has 3 atom stereocenters. The summed E-state index contributed by atoms with van der Waals surface area (Å²) < 4.78 is 6.15. The molecule has 1 heterocycles. The van der Waals surface area contributed by atoms with Crippen molar-refractivity contribution in [2.45, 2.75) is 44.8 Å². The molecule has 3 nitrogen and oxygen atoms in total. The Balaban J connectivity index is 1.99. The predicted octanol–water partition coefficient (Wildman–Crippen LogP) is 2.68. The van der Waals surface area contributed by atoms with Crippen LogP contribution in [0.2, 0.25) is 0 Å². The third-order valence-corrected chi connectivity index (χ3v) is 3.60. The van der Waals surface area contributed by atoms with E-state index in [1.807, 2.05) is 18.2 Å². The molecular weight excluding hydrogens is 212 g/mol. The molecular formula is C14H22N2O. The van der Waals surface area contributed by atoms with Crippen LogP contribution in [0.25, 0.3) is 0 Å². The van der Waals surface area contributed by atoms with E-state index in [1.165, 1.54) is 19.3 Å². The highest BCUT2D eigenvalue weighted by Gasteiger charge is 2.25. The van der Waals surface area contributed by atoms with Crippen LogP contribution >= 0.6 is 0 Å². The molecule has 1 aliphatic carbocycles. The first-order chi connectivity index (χ1) is 8.31. The SMILES string of the molecule is CC1CCCCC1OC(CN)c1ccccn1. The summed E-state index contributed by atoms with van der Waals surface area (Å²) in [7, 11) is 0. The van der Waals surface area contributed by atoms with Gasteiger partial charge in [0, 0.05) is 12.7 Å². The minimum Gasteiger partial charge on any atom is -0.367 e. The molecule has 0 radical (unpaired) electrons. The van der Waals surface area contributed by atoms with E-state index >= 15 is 0 Å². The van der Waals surface area contributed by atoms with Gasteiger partial charge < -0.3 is 10.5 Å². The van der Waals surface area contributed by atoms with Crippen molar-refractivity contribution >= 4 is 0 Å². The molecule has 0 bridgehead atoms. The Bertz CT molecular complexity index is 328. The Kier molecular flexibility index (Phi) is 4.51. The summed E-state index contributed by atoms with van der Waals surface area (Å²) in [6, 6.07) is 5.89. The van der Waals surface area contributed by atoms with E-state index in [0.29, 0.717) is 18.6 Å². The average Bonchev–Trinajstić information content (AvgIpc) is 2.39. The largest absolute Gasteiger partial charge is 0.367 e. The lowest BCUT2D eigenvalue weighted by Gasteiger charge is -2.31. The highest BCUT2D eigenvalue weighted by molar-refractivity contribution is 5.07. The Labute approximate surface area is 103 Å². The molecule has 3 heteroatoms. The first-order valence-electron chi connectivity index (χ1n) is 6.57. The number of pyridine rings is 1. The van der Waals surface area contributed by atoms with Gasteiger partial charge in [-0.15, -0.1) is 0 Å². The van der Waals surface area contributed by atoms with Crippen LogP contribution < -0.4 is 5.73 Å². The van der Waals surface area contributed by atoms with Crippen LogP contribution in [-0.2, 0) is 4.74 Å². The summed E-state index contributed by atoms with van der Waals surface area (Å²) in [6.45, 7) is 2.77. The van der Waals surface area contributed by atoms with Crippen LogP contribution in [0, 0.1) is 5.92 Å². The highest BCUT2D eigenvalue weighted by atomic mass is 16.5. The van der Waals surface area contributed by atoms with Crippen LogP contribution in [0.5, 0.6) is 0 Å². The normalized spacial score (nSPS) is 26.7. The molecule has 0 aliphatic heterocycles. The standard InChI is InChI=1S/C14H22N2O/c1-11-6-2-3-8-13(11)17-14(10-15)12-7-4-5-9-16-12/h4-5,7,9,11,13-14H,2-3,6,8,10,15H2,1H3. The number of rotatable bonds is 4. The molecule has 94 valence electrons. The maximum Gasteiger partial charge on any atom is 0.112 e. The second kappa shape index (κ2) is 6.12. The zero-order valence-electron chi connectivity index (χ0n) is 10.5. The minimum atomic E-state index is -0.0539. The van der Waals surface area contributed by atoms with E-state index in [2.05, 4.69) is 11.9 Å². The van der Waals surface area contributed by atoms with E-state index < -0.39 is 0 Å². The molecule has 0 amide bonds. The van der Waals surface area contributed by atoms with Crippen molar-refractivity contribution in [1.82, 2.24) is 4.98 Å². The van der Waals surface area contributed by atoms with Gasteiger partial charge in [0.1, 0.15) is 6.10 Å². The molecule has 1 fully saturated rings. The monoisotopic (exact) mass is 234 g/mol. The van der Waals surface area contributed by atoms with Crippen molar-refractivity contribution in [3.05, 3.63) is 30.1 Å². The van der Waals surface area contributed by atoms with Gasteiger partial charge >= 0.3 is 0 Å². The molecule has 2 N–H and O–H groups in total. The second-order valence-electron chi connectivity index (χ2n) is 4.92. The summed E-state index contributed by atoms with van der Waals surface area (Å²) in [4.78, 5) is 4.34. The average molecular weight is 234 g/mol. The van der Waals surface area contributed by atoms with Crippen molar-refractivity contribution in [1.29, 1.82) is 0 Å². The fourth-order valence-electron chi connectivity index (χ4n) is 2.51. The molecule has 0 aromatic carbocycles. The molecule has 1 aliphatic rings. The summed E-state index contributed by atoms with van der Waals surface area (Å²) in [5.74, 6) is 0.640. The molecule has 1 aromatic rings. The van der Waals surface area contributed by atoms with Crippen LogP contribution in [0.4, 0.5) is 0 Å². The number of aromatic nitrogens is 1. The molecule has 17 heavy (non-hydrogen) atoms. The van der Waals surface area contributed by atoms with Crippen molar-refractivity contribution in [2.75, 3.05) is 6.54 Å². The summed E-state index contributed by atoms with van der Waals surface area (Å²) in [5, 5.41) is 0. The first kappa shape index (κ1) is 12.5. The zero-order valence-corrected chi connectivity index (χ0v) is 10.5. The number of hydrogen-bond acceptors (Lipinski definition) is 3. The topological polar surface area (TPSA) is 48.1 Å². The fourth-order valence-corrected chi connectivity index (χ4v) is 2.51. The molecule has 3 unspecified atom stereocenters. The van der Waals surface area contributed by atoms with E-state index in [0.717, 1.165) is 12.1 Å². The Morgan fingerprint density at radius 2 is 2.24 bits per heavy atom. The van der Waals surface area contributed by atoms with Gasteiger partial charge in [0.05, 0.1) is 11.8 Å². The predicted molar refractivity (Wildman–Crippen MR) is 68.5 cm³/mol. The van der Waals surface area contributed by atoms with Crippen molar-refractivity contribution in [2.24, 2.45) is 11.7 Å². The number of nitrogens with zero attached hydrogens (tertiary/aromatic N) is 1. The quantitative estimate of drug-likeness (QED) is 0.871. The zero-order chi connectivity index (χ0) is 12.1. The molecule has 1 aromatic heterocycles. The van der Waals surface area contributed by atoms with Gasteiger partial charge in [-0.05, 0) is 30.9 Å². The van der Waals surface area contributed by atoms with Crippen molar-refractivity contribution in [3.8, 4) is 0 Å². The Morgan fingerprint density at radius 3 is 2.88 bits per heavy atom. The van der Waals surface area contributed by atoms with Gasteiger partial charge in [-0.2, -0.15) is 0 Å². The third-order valence-electron chi connectivity index (χ3n) is 3.60. The van der Waals surface area contributed by atoms with Crippen molar-refractivity contribution in [3.63, 3.8) is 0 Å². The molecule has 0 spiro atoms. The van der Waals surface area contributed by atoms with E-state index in [-0.39, 0.29) is 6.10 Å². The first-order valence-corrected chi connectivity index (χ1v) is 6.57. The lowest BCUT2D eigenvalue weighted by atomic mass is 9.88. The smallest absolute Gasteiger partial charge is 0.112 e. The number of nitrogens with two attached hydrogens (primary N) is 1. The van der Waals surface area contributed by atoms with Gasteiger partial charge in [0.2, 0.25) is 0 Å². The molecule has 2 rings (SSSR count). The van der Waals surface area contributed by atoms with Crippen LogP contribution in [-0.4, -0.2) is 17.6 Å².